The van der Waals surface area contributed by atoms with Crippen LogP contribution in [0.1, 0.15) is 62.9 Å². The van der Waals surface area contributed by atoms with E-state index >= 15 is 0 Å². The number of phenols is 2. The summed E-state index contributed by atoms with van der Waals surface area (Å²) in [4.78, 5) is 34.1. The summed E-state index contributed by atoms with van der Waals surface area (Å²) in [5.41, 5.74) is 5.04. The summed E-state index contributed by atoms with van der Waals surface area (Å²) in [6.07, 6.45) is 0. The van der Waals surface area contributed by atoms with E-state index in [9.17, 15) is 24.9 Å². The van der Waals surface area contributed by atoms with Gasteiger partial charge < -0.3 is 20.2 Å². The van der Waals surface area contributed by atoms with Crippen LogP contribution in [0, 0.1) is 0 Å². The first-order valence-corrected chi connectivity index (χ1v) is 16.6. The first-order valence-electron chi connectivity index (χ1n) is 16.6. The number of carbonyl (C=O) groups excluding carboxylic acids is 1. The quantitative estimate of drug-likeness (QED) is 0.220. The number of nitrogens with zero attached hydrogens (tertiary/aromatic N) is 4. The lowest BCUT2D eigenvalue weighted by molar-refractivity contribution is 0.0194. The summed E-state index contributed by atoms with van der Waals surface area (Å²) in [6.45, 7) is 10.2. The topological polar surface area (TPSA) is 108 Å². The molecular weight excluding hydrogens is 604 g/mol. The van der Waals surface area contributed by atoms with Crippen LogP contribution in [0.15, 0.2) is 97.1 Å². The van der Waals surface area contributed by atoms with Crippen LogP contribution in [0.2, 0.25) is 0 Å². The highest BCUT2D eigenvalue weighted by molar-refractivity contribution is 5.94. The van der Waals surface area contributed by atoms with Crippen LogP contribution in [0.5, 0.6) is 11.5 Å². The molecule has 0 aromatic heterocycles. The van der Waals surface area contributed by atoms with Crippen molar-refractivity contribution in [2.24, 2.45) is 0 Å². The third kappa shape index (κ3) is 7.71. The van der Waals surface area contributed by atoms with Crippen molar-refractivity contribution in [1.82, 2.24) is 19.6 Å². The largest absolute Gasteiger partial charge is 0.508 e. The highest BCUT2D eigenvalue weighted by Crippen LogP contribution is 2.35. The predicted octanol–water partition coefficient (Wildman–Crippen LogP) is 5.44. The molecule has 0 saturated carbocycles. The van der Waals surface area contributed by atoms with Crippen molar-refractivity contribution < 1.29 is 24.9 Å². The zero-order chi connectivity index (χ0) is 33.8. The number of phenolic OH excluding ortho intramolecular Hbond substituents is 2. The lowest BCUT2D eigenvalue weighted by Crippen LogP contribution is -2.56. The van der Waals surface area contributed by atoms with Crippen molar-refractivity contribution in [2.45, 2.75) is 45.1 Å². The molecule has 0 spiro atoms. The molecule has 0 bridgehead atoms. The number of carboxylic acids is 1. The van der Waals surface area contributed by atoms with Gasteiger partial charge in [0.25, 0.3) is 5.91 Å². The molecule has 4 aromatic carbocycles. The maximum atomic E-state index is 13.8. The van der Waals surface area contributed by atoms with E-state index < -0.39 is 5.97 Å². The molecule has 2 heterocycles. The predicted molar refractivity (Wildman–Crippen MR) is 185 cm³/mol. The summed E-state index contributed by atoms with van der Waals surface area (Å²) in [6, 6.07) is 30.0. The molecular formula is C39H44N4O5. The SMILES string of the molecule is C[C@@H]1CN(C(c2cccc(O)c2)c2cccc(C(=O)N3CCN(Cc4ccc(C(=O)O)cc4)CC3)c2)[C@@H](C)CN1Cc1cccc(O)c1. The Morgan fingerprint density at radius 3 is 2.00 bits per heavy atom. The first kappa shape index (κ1) is 33.2. The summed E-state index contributed by atoms with van der Waals surface area (Å²) in [7, 11) is 0. The van der Waals surface area contributed by atoms with Gasteiger partial charge in [0.1, 0.15) is 11.5 Å². The average molecular weight is 649 g/mol. The molecule has 2 saturated heterocycles. The summed E-state index contributed by atoms with van der Waals surface area (Å²) in [5.74, 6) is -0.436. The lowest BCUT2D eigenvalue weighted by Gasteiger charge is -2.47. The molecule has 4 aromatic rings. The third-order valence-corrected chi connectivity index (χ3v) is 9.69. The second kappa shape index (κ2) is 14.6. The molecule has 3 N–H and O–H groups in total. The van der Waals surface area contributed by atoms with Crippen molar-refractivity contribution >= 4 is 11.9 Å². The molecule has 1 unspecified atom stereocenters. The molecule has 2 aliphatic rings. The number of carbonyl (C=O) groups is 2. The molecule has 6 rings (SSSR count). The van der Waals surface area contributed by atoms with Gasteiger partial charge in [0, 0.05) is 70.0 Å². The molecule has 3 atom stereocenters. The second-order valence-electron chi connectivity index (χ2n) is 13.2. The van der Waals surface area contributed by atoms with Crippen LogP contribution in [-0.4, -0.2) is 98.1 Å². The van der Waals surface area contributed by atoms with E-state index in [0.29, 0.717) is 25.2 Å². The second-order valence-corrected chi connectivity index (χ2v) is 13.2. The van der Waals surface area contributed by atoms with Crippen molar-refractivity contribution in [3.8, 4) is 11.5 Å². The number of rotatable bonds is 9. The Hall–Kier alpha value is -4.70. The molecule has 0 radical (unpaired) electrons. The molecule has 0 aliphatic carbocycles. The van der Waals surface area contributed by atoms with Crippen LogP contribution in [-0.2, 0) is 13.1 Å². The van der Waals surface area contributed by atoms with E-state index in [0.717, 1.165) is 55.0 Å². The number of hydrogen-bond donors (Lipinski definition) is 3. The third-order valence-electron chi connectivity index (χ3n) is 9.69. The molecule has 48 heavy (non-hydrogen) atoms. The van der Waals surface area contributed by atoms with Crippen LogP contribution >= 0.6 is 0 Å². The molecule has 2 aliphatic heterocycles. The summed E-state index contributed by atoms with van der Waals surface area (Å²) < 4.78 is 0. The Kier molecular flexibility index (Phi) is 10.1. The van der Waals surface area contributed by atoms with Gasteiger partial charge in [-0.05, 0) is 84.6 Å². The van der Waals surface area contributed by atoms with E-state index in [1.807, 2.05) is 71.6 Å². The van der Waals surface area contributed by atoms with E-state index in [1.54, 1.807) is 24.3 Å². The van der Waals surface area contributed by atoms with Gasteiger partial charge in [0.15, 0.2) is 0 Å². The highest BCUT2D eigenvalue weighted by Gasteiger charge is 2.35. The average Bonchev–Trinajstić information content (AvgIpc) is 3.07. The monoisotopic (exact) mass is 648 g/mol. The Balaban J connectivity index is 1.17. The standard InChI is InChI=1S/C39H44N4O5/c1-27-24-43(28(2)23-42(27)26-30-6-3-10-35(44)20-30)37(33-8-5-11-36(45)22-33)32-7-4-9-34(21-32)38(46)41-18-16-40(17-19-41)25-29-12-14-31(15-13-29)39(47)48/h3-15,20-22,27-28,37,44-45H,16-19,23-26H2,1-2H3,(H,47,48)/t27-,28+,37?/m1/s1. The first-order chi connectivity index (χ1) is 23.1. The van der Waals surface area contributed by atoms with Gasteiger partial charge in [0.05, 0.1) is 11.6 Å². The number of amides is 1. The summed E-state index contributed by atoms with van der Waals surface area (Å²) in [5, 5.41) is 29.6. The zero-order valence-corrected chi connectivity index (χ0v) is 27.6. The van der Waals surface area contributed by atoms with Gasteiger partial charge in [-0.25, -0.2) is 4.79 Å². The fraction of sp³-hybridized carbons (Fsp3) is 0.333. The maximum Gasteiger partial charge on any atom is 0.335 e. The normalized spacial score (nSPS) is 20.0. The minimum Gasteiger partial charge on any atom is -0.508 e. The number of aromatic carboxylic acids is 1. The number of carboxylic acid groups (broad SMARTS) is 1. The van der Waals surface area contributed by atoms with Crippen LogP contribution in [0.25, 0.3) is 0 Å². The van der Waals surface area contributed by atoms with Gasteiger partial charge in [-0.15, -0.1) is 0 Å². The van der Waals surface area contributed by atoms with Crippen molar-refractivity contribution in [3.05, 3.63) is 130 Å². The van der Waals surface area contributed by atoms with Crippen molar-refractivity contribution in [2.75, 3.05) is 39.3 Å². The van der Waals surface area contributed by atoms with Crippen LogP contribution < -0.4 is 0 Å². The summed E-state index contributed by atoms with van der Waals surface area (Å²) >= 11 is 0. The fourth-order valence-electron chi connectivity index (χ4n) is 7.11. The number of benzene rings is 4. The molecule has 2 fully saturated rings. The van der Waals surface area contributed by atoms with Gasteiger partial charge >= 0.3 is 5.97 Å². The molecule has 9 heteroatoms. The lowest BCUT2D eigenvalue weighted by atomic mass is 9.92. The van der Waals surface area contributed by atoms with Gasteiger partial charge in [-0.2, -0.15) is 0 Å². The van der Waals surface area contributed by atoms with Crippen molar-refractivity contribution in [1.29, 1.82) is 0 Å². The Labute approximate surface area is 282 Å². The Morgan fingerprint density at radius 2 is 1.33 bits per heavy atom. The van der Waals surface area contributed by atoms with Crippen molar-refractivity contribution in [3.63, 3.8) is 0 Å². The number of aromatic hydroxyl groups is 2. The molecule has 250 valence electrons. The minimum absolute atomic E-state index is 0.00863. The molecule has 9 nitrogen and oxygen atoms in total. The van der Waals surface area contributed by atoms with E-state index in [1.165, 1.54) is 0 Å². The number of piperazine rings is 2. The van der Waals surface area contributed by atoms with Crippen LogP contribution in [0.3, 0.4) is 0 Å². The van der Waals surface area contributed by atoms with Gasteiger partial charge in [0.2, 0.25) is 0 Å². The zero-order valence-electron chi connectivity index (χ0n) is 27.6. The van der Waals surface area contributed by atoms with Gasteiger partial charge in [-0.3, -0.25) is 19.5 Å². The minimum atomic E-state index is -0.931. The highest BCUT2D eigenvalue weighted by atomic mass is 16.4. The van der Waals surface area contributed by atoms with E-state index in [4.69, 9.17) is 0 Å². The molecule has 1 amide bonds. The Bertz CT molecular complexity index is 1740. The van der Waals surface area contributed by atoms with Crippen LogP contribution in [0.4, 0.5) is 0 Å². The fourth-order valence-corrected chi connectivity index (χ4v) is 7.11. The Morgan fingerprint density at radius 1 is 0.688 bits per heavy atom. The van der Waals surface area contributed by atoms with E-state index in [2.05, 4.69) is 34.6 Å². The number of hydrogen-bond acceptors (Lipinski definition) is 7. The van der Waals surface area contributed by atoms with Gasteiger partial charge in [-0.1, -0.05) is 48.5 Å². The smallest absolute Gasteiger partial charge is 0.335 e. The maximum absolute atomic E-state index is 13.8. The van der Waals surface area contributed by atoms with E-state index in [-0.39, 0.29) is 41.1 Å².